The van der Waals surface area contributed by atoms with E-state index in [1.807, 2.05) is 0 Å². The largest absolute Gasteiger partial charge is 0.470 e. The third-order valence-corrected chi connectivity index (χ3v) is 7.20. The van der Waals surface area contributed by atoms with Crippen molar-refractivity contribution in [2.45, 2.75) is 24.6 Å². The zero-order valence-electron chi connectivity index (χ0n) is 14.1. The number of thiophene rings is 1. The summed E-state index contributed by atoms with van der Waals surface area (Å²) in [5.41, 5.74) is 5.86. The highest BCUT2D eigenvalue weighted by atomic mass is 79.9. The molecule has 1 aromatic heterocycles. The number of nitrogens with one attached hydrogen (secondary N) is 2. The summed E-state index contributed by atoms with van der Waals surface area (Å²) < 4.78 is 7.78. The summed E-state index contributed by atoms with van der Waals surface area (Å²) in [7, 11) is 2.27. The first-order chi connectivity index (χ1) is 12.1. The number of hydrogen-bond acceptors (Lipinski definition) is 4. The Bertz CT molecular complexity index is 841. The summed E-state index contributed by atoms with van der Waals surface area (Å²) in [5.74, 6) is 1.04. The Balaban J connectivity index is 1.57. The third-order valence-electron chi connectivity index (χ3n) is 5.54. The normalized spacial score (nSPS) is 31.0. The van der Waals surface area contributed by atoms with Crippen LogP contribution < -0.4 is 15.1 Å². The van der Waals surface area contributed by atoms with Crippen LogP contribution >= 0.6 is 27.3 Å². The zero-order valence-corrected chi connectivity index (χ0v) is 16.5. The predicted molar refractivity (Wildman–Crippen MR) is 103 cm³/mol. The second kappa shape index (κ2) is 5.84. The highest BCUT2D eigenvalue weighted by Crippen LogP contribution is 2.48. The van der Waals surface area contributed by atoms with Crippen molar-refractivity contribution >= 4 is 33.0 Å². The van der Waals surface area contributed by atoms with E-state index in [9.17, 15) is 0 Å². The number of fused-ring (bicyclic) bond motifs is 4. The van der Waals surface area contributed by atoms with Crippen LogP contribution in [0.2, 0.25) is 0 Å². The minimum Gasteiger partial charge on any atom is -0.470 e. The number of hydrogen-bond donors (Lipinski definition) is 2. The van der Waals surface area contributed by atoms with E-state index >= 15 is 0 Å². The standard InChI is InChI=1S/C19H20BrN3OS/c1-22-10-8-19(9-11-22)23-15(13-4-2-3-5-16(13)24-19)12-14(21-23)17-6-7-18(20)25-17/h2-7,12,15,21H,8-11H2,1H3/p+1/t15-/m1/s1. The van der Waals surface area contributed by atoms with E-state index in [2.05, 4.69) is 75.9 Å². The number of hydrazine groups is 1. The highest BCUT2D eigenvalue weighted by Gasteiger charge is 2.52. The van der Waals surface area contributed by atoms with Crippen molar-refractivity contribution in [3.63, 3.8) is 0 Å². The van der Waals surface area contributed by atoms with Gasteiger partial charge in [0.15, 0.2) is 5.72 Å². The quantitative estimate of drug-likeness (QED) is 0.745. The molecule has 3 aliphatic rings. The van der Waals surface area contributed by atoms with Crippen molar-refractivity contribution in [1.29, 1.82) is 0 Å². The van der Waals surface area contributed by atoms with Crippen LogP contribution in [0.5, 0.6) is 5.75 Å². The van der Waals surface area contributed by atoms with Crippen LogP contribution in [0.4, 0.5) is 0 Å². The van der Waals surface area contributed by atoms with Gasteiger partial charge in [0.2, 0.25) is 0 Å². The fraction of sp³-hybridized carbons (Fsp3) is 0.368. The molecule has 1 spiro atoms. The Morgan fingerprint density at radius 3 is 2.80 bits per heavy atom. The molecule has 3 aliphatic heterocycles. The molecule has 0 radical (unpaired) electrons. The average molecular weight is 419 g/mol. The lowest BCUT2D eigenvalue weighted by molar-refractivity contribution is -0.888. The van der Waals surface area contributed by atoms with Crippen LogP contribution in [0.25, 0.3) is 5.70 Å². The molecule has 4 heterocycles. The fourth-order valence-electron chi connectivity index (χ4n) is 4.13. The lowest BCUT2D eigenvalue weighted by Gasteiger charge is -2.50. The van der Waals surface area contributed by atoms with Gasteiger partial charge in [0.05, 0.1) is 53.4 Å². The van der Waals surface area contributed by atoms with E-state index in [1.165, 1.54) is 16.1 Å². The first kappa shape index (κ1) is 15.9. The van der Waals surface area contributed by atoms with Crippen molar-refractivity contribution in [1.82, 2.24) is 10.4 Å². The van der Waals surface area contributed by atoms with Crippen molar-refractivity contribution in [3.8, 4) is 5.75 Å². The molecule has 0 bridgehead atoms. The maximum atomic E-state index is 6.62. The maximum absolute atomic E-state index is 6.62. The molecule has 4 nitrogen and oxygen atoms in total. The van der Waals surface area contributed by atoms with Crippen LogP contribution in [0, 0.1) is 0 Å². The van der Waals surface area contributed by atoms with Crippen molar-refractivity contribution in [2.75, 3.05) is 20.1 Å². The van der Waals surface area contributed by atoms with Crippen LogP contribution in [-0.2, 0) is 0 Å². The van der Waals surface area contributed by atoms with E-state index < -0.39 is 0 Å². The smallest absolute Gasteiger partial charge is 0.191 e. The van der Waals surface area contributed by atoms with Crippen LogP contribution in [-0.4, -0.2) is 30.9 Å². The van der Waals surface area contributed by atoms with Crippen LogP contribution in [0.1, 0.15) is 29.3 Å². The molecule has 6 heteroatoms. The Labute approximate surface area is 160 Å². The minimum absolute atomic E-state index is 0.222. The number of likely N-dealkylation sites (tertiary alicyclic amines) is 1. The number of rotatable bonds is 1. The second-order valence-corrected chi connectivity index (χ2v) is 9.62. The van der Waals surface area contributed by atoms with Crippen LogP contribution in [0.3, 0.4) is 0 Å². The van der Waals surface area contributed by atoms with E-state index in [4.69, 9.17) is 4.74 Å². The van der Waals surface area contributed by atoms with Crippen LogP contribution in [0.15, 0.2) is 46.3 Å². The Hall–Kier alpha value is -1.34. The van der Waals surface area contributed by atoms with Gasteiger partial charge in [0.1, 0.15) is 5.75 Å². The predicted octanol–water partition coefficient (Wildman–Crippen LogP) is 2.81. The van der Waals surface area contributed by atoms with E-state index in [0.29, 0.717) is 0 Å². The van der Waals surface area contributed by atoms with Gasteiger partial charge in [-0.15, -0.1) is 11.3 Å². The zero-order chi connectivity index (χ0) is 17.0. The number of benzene rings is 1. The molecule has 5 rings (SSSR count). The number of piperidine rings is 1. The monoisotopic (exact) mass is 418 g/mol. The summed E-state index contributed by atoms with van der Waals surface area (Å²) in [6, 6.07) is 13.0. The first-order valence-corrected chi connectivity index (χ1v) is 10.4. The van der Waals surface area contributed by atoms with Gasteiger partial charge in [-0.1, -0.05) is 18.2 Å². The van der Waals surface area contributed by atoms with E-state index in [-0.39, 0.29) is 11.8 Å². The molecule has 0 amide bonds. The second-order valence-electron chi connectivity index (χ2n) is 7.15. The van der Waals surface area contributed by atoms with Gasteiger partial charge < -0.3 is 15.1 Å². The Morgan fingerprint density at radius 2 is 2.04 bits per heavy atom. The molecule has 0 saturated carbocycles. The number of ether oxygens (including phenoxy) is 1. The molecule has 130 valence electrons. The van der Waals surface area contributed by atoms with Gasteiger partial charge in [-0.25, -0.2) is 0 Å². The summed E-state index contributed by atoms with van der Waals surface area (Å²) in [4.78, 5) is 2.84. The third kappa shape index (κ3) is 2.54. The van der Waals surface area contributed by atoms with E-state index in [0.717, 1.165) is 35.5 Å². The fourth-order valence-corrected chi connectivity index (χ4v) is 5.49. The molecule has 25 heavy (non-hydrogen) atoms. The molecule has 2 N–H and O–H groups in total. The molecule has 1 fully saturated rings. The summed E-state index contributed by atoms with van der Waals surface area (Å²) in [6.07, 6.45) is 4.42. The van der Waals surface area contributed by atoms with Gasteiger partial charge in [-0.3, -0.25) is 0 Å². The molecule has 0 unspecified atom stereocenters. The minimum atomic E-state index is -0.259. The summed E-state index contributed by atoms with van der Waals surface area (Å²) in [6.45, 7) is 2.26. The lowest BCUT2D eigenvalue weighted by atomic mass is 9.93. The average Bonchev–Trinajstić information content (AvgIpc) is 3.25. The molecule has 1 aromatic carbocycles. The molecular formula is C19H21BrN3OS+. The summed E-state index contributed by atoms with van der Waals surface area (Å²) in [5, 5.41) is 2.37. The number of halogens is 1. The van der Waals surface area contributed by atoms with Crippen molar-refractivity contribution in [3.05, 3.63) is 56.7 Å². The highest BCUT2D eigenvalue weighted by molar-refractivity contribution is 9.11. The number of nitrogens with zero attached hydrogens (tertiary/aromatic N) is 1. The lowest BCUT2D eigenvalue weighted by Crippen LogP contribution is -3.11. The van der Waals surface area contributed by atoms with Crippen molar-refractivity contribution in [2.24, 2.45) is 0 Å². The molecule has 1 saturated heterocycles. The first-order valence-electron chi connectivity index (χ1n) is 8.77. The molecule has 1 atom stereocenters. The summed E-state index contributed by atoms with van der Waals surface area (Å²) >= 11 is 5.34. The number of para-hydroxylation sites is 1. The van der Waals surface area contributed by atoms with Gasteiger partial charge in [-0.05, 0) is 40.2 Å². The van der Waals surface area contributed by atoms with E-state index in [1.54, 1.807) is 16.2 Å². The maximum Gasteiger partial charge on any atom is 0.191 e. The number of quaternary nitrogens is 1. The van der Waals surface area contributed by atoms with Gasteiger partial charge >= 0.3 is 0 Å². The SMILES string of the molecule is C[NH+]1CCC2(CC1)Oc1ccccc1[C@H]1C=C(c3ccc(Br)s3)NN12. The molecular weight excluding hydrogens is 398 g/mol. The van der Waals surface area contributed by atoms with Gasteiger partial charge in [-0.2, -0.15) is 5.01 Å². The molecule has 2 aromatic rings. The van der Waals surface area contributed by atoms with Gasteiger partial charge in [0, 0.05) is 5.56 Å². The van der Waals surface area contributed by atoms with Gasteiger partial charge in [0.25, 0.3) is 0 Å². The Kier molecular flexibility index (Phi) is 3.71. The topological polar surface area (TPSA) is 28.9 Å². The Morgan fingerprint density at radius 1 is 1.24 bits per heavy atom. The van der Waals surface area contributed by atoms with Crippen molar-refractivity contribution < 1.29 is 9.64 Å². The molecule has 0 aliphatic carbocycles.